The Morgan fingerprint density at radius 2 is 1.75 bits per heavy atom. The number of piperidine rings is 1. The number of H-pyrrole nitrogens is 1. The van der Waals surface area contributed by atoms with Crippen molar-refractivity contribution in [3.8, 4) is 22.6 Å². The number of aromatic hydroxyl groups is 1. The Morgan fingerprint density at radius 1 is 1.00 bits per heavy atom. The number of hydrogen-bond acceptors (Lipinski definition) is 8. The number of azo groups is 1. The van der Waals surface area contributed by atoms with Gasteiger partial charge in [-0.15, -0.1) is 21.6 Å². The van der Waals surface area contributed by atoms with Crippen LogP contribution in [-0.2, 0) is 12.8 Å². The van der Waals surface area contributed by atoms with Gasteiger partial charge in [-0.25, -0.2) is 9.48 Å². The summed E-state index contributed by atoms with van der Waals surface area (Å²) in [6.07, 6.45) is 7.42. The maximum Gasteiger partial charge on any atom is 0.345 e. The highest BCUT2D eigenvalue weighted by atomic mass is 32.1. The van der Waals surface area contributed by atoms with Gasteiger partial charge in [-0.1, -0.05) is 38.5 Å². The van der Waals surface area contributed by atoms with E-state index < -0.39 is 5.97 Å². The number of carboxylic acid groups (broad SMARTS) is 1. The fourth-order valence-corrected chi connectivity index (χ4v) is 5.87. The number of carbonyl (C=O) groups is 1. The van der Waals surface area contributed by atoms with E-state index in [9.17, 15) is 14.7 Å². The molecule has 10 nitrogen and oxygen atoms in total. The Morgan fingerprint density at radius 3 is 2.36 bits per heavy atom. The first-order valence-corrected chi connectivity index (χ1v) is 16.1. The van der Waals surface area contributed by atoms with Crippen molar-refractivity contribution in [3.05, 3.63) is 79.9 Å². The van der Waals surface area contributed by atoms with Gasteiger partial charge in [0, 0.05) is 5.56 Å². The molecule has 0 atom stereocenters. The number of benzene rings is 2. The number of aromatic carboxylic acids is 1. The average molecular weight is 619 g/mol. The van der Waals surface area contributed by atoms with Gasteiger partial charge < -0.3 is 20.8 Å². The van der Waals surface area contributed by atoms with Gasteiger partial charge in [-0.3, -0.25) is 9.89 Å². The maximum absolute atomic E-state index is 13.0. The van der Waals surface area contributed by atoms with Crippen LogP contribution < -0.4 is 16.2 Å². The van der Waals surface area contributed by atoms with Crippen molar-refractivity contribution in [2.75, 3.05) is 26.2 Å². The molecule has 4 aromatic rings. The Balaban J connectivity index is 0.000000341. The van der Waals surface area contributed by atoms with E-state index in [-0.39, 0.29) is 27.6 Å². The molecule has 6 rings (SSSR count). The van der Waals surface area contributed by atoms with E-state index in [1.807, 2.05) is 12.1 Å². The summed E-state index contributed by atoms with van der Waals surface area (Å²) in [5.41, 5.74) is 4.92. The van der Waals surface area contributed by atoms with Crippen molar-refractivity contribution in [1.29, 1.82) is 0 Å². The number of nitrogens with zero attached hydrogens (tertiary/aromatic N) is 3. The molecule has 0 saturated carbocycles. The number of fused-ring (bicyclic) bond motifs is 1. The van der Waals surface area contributed by atoms with Crippen LogP contribution in [0.25, 0.3) is 16.8 Å². The number of aromatic nitrogens is 2. The number of hydrogen-bond donors (Lipinski definition) is 5. The topological polar surface area (TPSA) is 144 Å². The highest BCUT2D eigenvalue weighted by Gasteiger charge is 2.17. The van der Waals surface area contributed by atoms with Gasteiger partial charge in [0.15, 0.2) is 11.4 Å². The van der Waals surface area contributed by atoms with Crippen molar-refractivity contribution < 1.29 is 15.0 Å². The van der Waals surface area contributed by atoms with Crippen molar-refractivity contribution in [2.45, 2.75) is 59.3 Å². The number of aryl methyl sites for hydroxylation is 3. The van der Waals surface area contributed by atoms with Crippen LogP contribution >= 0.6 is 11.3 Å². The van der Waals surface area contributed by atoms with Crippen molar-refractivity contribution >= 4 is 28.7 Å². The molecule has 0 amide bonds. The fraction of sp³-hybridized carbons (Fsp3) is 0.394. The van der Waals surface area contributed by atoms with Crippen LogP contribution in [0.5, 0.6) is 5.75 Å². The third-order valence-corrected chi connectivity index (χ3v) is 8.40. The first-order chi connectivity index (χ1) is 21.3. The average Bonchev–Trinajstić information content (AvgIpc) is 3.78. The molecule has 234 valence electrons. The molecule has 0 bridgehead atoms. The Hall–Kier alpha value is -4.06. The van der Waals surface area contributed by atoms with E-state index in [1.165, 1.54) is 54.2 Å². The smallest absolute Gasteiger partial charge is 0.345 e. The molecule has 2 aromatic heterocycles. The molecule has 1 aliphatic carbocycles. The minimum Gasteiger partial charge on any atom is -0.505 e. The van der Waals surface area contributed by atoms with Crippen molar-refractivity contribution in [3.63, 3.8) is 0 Å². The van der Waals surface area contributed by atoms with E-state index in [2.05, 4.69) is 45.9 Å². The third-order valence-electron chi connectivity index (χ3n) is 7.48. The van der Waals surface area contributed by atoms with Gasteiger partial charge >= 0.3 is 5.97 Å². The summed E-state index contributed by atoms with van der Waals surface area (Å²) in [4.78, 5) is 24.3. The first-order valence-electron chi connectivity index (χ1n) is 15.2. The first kappa shape index (κ1) is 32.8. The SMILES string of the molecule is C1CCNCC1.CCNCC.Cc1[nH]n(-c2ccc3c(c2)CCC3)c(=O)c1N=Nc1cccc(-c2csc(C(=O)O)c2)c1O. The van der Waals surface area contributed by atoms with Crippen LogP contribution in [0.3, 0.4) is 0 Å². The molecule has 44 heavy (non-hydrogen) atoms. The summed E-state index contributed by atoms with van der Waals surface area (Å²) in [5.74, 6) is -1.16. The van der Waals surface area contributed by atoms with Gasteiger partial charge in [-0.05, 0) is 112 Å². The minimum atomic E-state index is -1.02. The number of thiophene rings is 1. The lowest BCUT2D eigenvalue weighted by molar-refractivity contribution is 0.0702. The zero-order valence-corrected chi connectivity index (χ0v) is 26.5. The Kier molecular flexibility index (Phi) is 12.0. The Bertz CT molecular complexity index is 1620. The summed E-state index contributed by atoms with van der Waals surface area (Å²) in [6.45, 7) is 10.6. The molecule has 0 unspecified atom stereocenters. The normalized spacial score (nSPS) is 14.0. The molecule has 2 aliphatic rings. The lowest BCUT2D eigenvalue weighted by Crippen LogP contribution is -2.21. The predicted molar refractivity (Wildman–Crippen MR) is 177 cm³/mol. The second-order valence-corrected chi connectivity index (χ2v) is 11.6. The van der Waals surface area contributed by atoms with E-state index in [1.54, 1.807) is 30.5 Å². The molecular formula is C33H42N6O4S. The monoisotopic (exact) mass is 618 g/mol. The molecule has 1 saturated heterocycles. The van der Waals surface area contributed by atoms with Crippen LogP contribution in [0.1, 0.15) is 66.0 Å². The quantitative estimate of drug-likeness (QED) is 0.143. The number of phenols is 1. The molecule has 0 radical (unpaired) electrons. The van der Waals surface area contributed by atoms with E-state index in [0.29, 0.717) is 16.8 Å². The molecule has 3 heterocycles. The lowest BCUT2D eigenvalue weighted by Gasteiger charge is -2.08. The van der Waals surface area contributed by atoms with Crippen molar-refractivity contribution in [2.24, 2.45) is 10.2 Å². The molecule has 11 heteroatoms. The highest BCUT2D eigenvalue weighted by Crippen LogP contribution is 2.39. The summed E-state index contributed by atoms with van der Waals surface area (Å²) in [7, 11) is 0. The summed E-state index contributed by atoms with van der Waals surface area (Å²) >= 11 is 1.08. The highest BCUT2D eigenvalue weighted by molar-refractivity contribution is 7.12. The standard InChI is InChI=1S/C24H20N4O4S.C5H11N.C4H11N/c1-13-21(23(30)28(27-13)17-9-8-14-4-2-5-15(14)10-17)26-25-19-7-3-6-18(22(19)29)16-11-20(24(31)32)33-12-16;1-2-4-6-5-3-1;1-3-5-4-2/h3,6-12,27,29H,2,4-5H2,1H3,(H,31,32);6H,1-5H2;5H,3-4H2,1-2H3. The van der Waals surface area contributed by atoms with Crippen LogP contribution in [0.2, 0.25) is 0 Å². The van der Waals surface area contributed by atoms with Crippen LogP contribution in [0.4, 0.5) is 11.4 Å². The number of carboxylic acids is 1. The number of aromatic amines is 1. The number of phenolic OH excluding ortho intramolecular Hbond substituents is 1. The molecule has 0 spiro atoms. The summed E-state index contributed by atoms with van der Waals surface area (Å²) in [5, 5.41) is 39.2. The molecular weight excluding hydrogens is 576 g/mol. The van der Waals surface area contributed by atoms with E-state index >= 15 is 0 Å². The molecule has 2 aromatic carbocycles. The number of nitrogens with one attached hydrogen (secondary N) is 3. The molecule has 1 aliphatic heterocycles. The summed E-state index contributed by atoms with van der Waals surface area (Å²) in [6, 6.07) is 12.4. The lowest BCUT2D eigenvalue weighted by atomic mass is 10.1. The Labute approximate surface area is 261 Å². The summed E-state index contributed by atoms with van der Waals surface area (Å²) < 4.78 is 1.46. The van der Waals surface area contributed by atoms with Crippen molar-refractivity contribution in [1.82, 2.24) is 20.4 Å². The van der Waals surface area contributed by atoms with Gasteiger partial charge in [0.25, 0.3) is 5.56 Å². The largest absolute Gasteiger partial charge is 0.505 e. The fourth-order valence-electron chi connectivity index (χ4n) is 5.12. The molecule has 1 fully saturated rings. The van der Waals surface area contributed by atoms with Gasteiger partial charge in [0.05, 0.1) is 11.4 Å². The van der Waals surface area contributed by atoms with Crippen LogP contribution in [-0.4, -0.2) is 52.1 Å². The second-order valence-electron chi connectivity index (χ2n) is 10.7. The van der Waals surface area contributed by atoms with Crippen LogP contribution in [0, 0.1) is 6.92 Å². The van der Waals surface area contributed by atoms with Crippen LogP contribution in [0.15, 0.2) is 62.9 Å². The predicted octanol–water partition coefficient (Wildman–Crippen LogP) is 6.89. The van der Waals surface area contributed by atoms with Gasteiger partial charge in [0.1, 0.15) is 10.6 Å². The van der Waals surface area contributed by atoms with E-state index in [0.717, 1.165) is 49.4 Å². The second kappa shape index (κ2) is 16.1. The molecule has 5 N–H and O–H groups in total. The zero-order valence-electron chi connectivity index (χ0n) is 25.7. The number of rotatable bonds is 7. The van der Waals surface area contributed by atoms with Gasteiger partial charge in [0.2, 0.25) is 0 Å². The third kappa shape index (κ3) is 8.31. The van der Waals surface area contributed by atoms with E-state index in [4.69, 9.17) is 5.11 Å². The minimum absolute atomic E-state index is 0.136. The van der Waals surface area contributed by atoms with Gasteiger partial charge in [-0.2, -0.15) is 0 Å². The maximum atomic E-state index is 13.0. The number of para-hydroxylation sites is 1. The zero-order chi connectivity index (χ0) is 31.5.